The van der Waals surface area contributed by atoms with E-state index in [2.05, 4.69) is 15.2 Å². The van der Waals surface area contributed by atoms with Crippen LogP contribution in [0.1, 0.15) is 34.1 Å². The highest BCUT2D eigenvalue weighted by Gasteiger charge is 2.49. The zero-order valence-electron chi connectivity index (χ0n) is 22.0. The zero-order valence-corrected chi connectivity index (χ0v) is 25.9. The molecule has 1 N–H and O–H groups in total. The van der Waals surface area contributed by atoms with E-state index in [0.717, 1.165) is 22.5 Å². The second-order valence-corrected chi connectivity index (χ2v) is 12.9. The van der Waals surface area contributed by atoms with Gasteiger partial charge >= 0.3 is 5.91 Å². The van der Waals surface area contributed by atoms with E-state index >= 15 is 0 Å². The first kappa shape index (κ1) is 28.7. The average Bonchev–Trinajstić information content (AvgIpc) is 3.65. The number of aryl methyl sites for hydroxylation is 2. The lowest BCUT2D eigenvalue weighted by molar-refractivity contribution is -0.132. The minimum absolute atomic E-state index is 0.136. The Morgan fingerprint density at radius 2 is 1.79 bits per heavy atom. The van der Waals surface area contributed by atoms with Gasteiger partial charge in [-0.3, -0.25) is 14.5 Å². The number of aromatic nitrogens is 4. The fourth-order valence-corrected chi connectivity index (χ4v) is 7.27. The normalized spacial score (nSPS) is 16.6. The number of hydrogen-bond acceptors (Lipinski definition) is 8. The molecular weight excluding hydrogens is 637 g/mol. The molecule has 0 radical (unpaired) electrons. The smallest absolute Gasteiger partial charge is 0.301 e. The van der Waals surface area contributed by atoms with E-state index in [1.807, 2.05) is 53.9 Å². The lowest BCUT2D eigenvalue weighted by atomic mass is 9.96. The monoisotopic (exact) mass is 655 g/mol. The molecule has 1 fully saturated rings. The molecule has 6 rings (SSSR count). The van der Waals surface area contributed by atoms with Gasteiger partial charge in [-0.1, -0.05) is 88.2 Å². The number of aliphatic hydroxyl groups is 1. The number of Topliss-reactive ketones (excluding diaryl/α,β-unsaturated/α-hetero) is 1. The van der Waals surface area contributed by atoms with Crippen LogP contribution in [-0.2, 0) is 15.3 Å². The zero-order chi connectivity index (χ0) is 29.7. The van der Waals surface area contributed by atoms with Crippen LogP contribution in [-0.4, -0.2) is 36.4 Å². The number of amides is 1. The quantitative estimate of drug-likeness (QED) is 0.0658. The van der Waals surface area contributed by atoms with Crippen LogP contribution in [0.4, 0.5) is 5.13 Å². The van der Waals surface area contributed by atoms with Crippen LogP contribution >= 0.6 is 57.9 Å². The third-order valence-corrected chi connectivity index (χ3v) is 10.1. The Bertz CT molecular complexity index is 1940. The molecule has 8 nitrogen and oxygen atoms in total. The summed E-state index contributed by atoms with van der Waals surface area (Å²) in [6.07, 6.45) is 1.82. The first-order valence-electron chi connectivity index (χ1n) is 12.6. The molecule has 0 bridgehead atoms. The van der Waals surface area contributed by atoms with Crippen LogP contribution in [0.5, 0.6) is 0 Å². The van der Waals surface area contributed by atoms with Crippen molar-refractivity contribution in [2.24, 2.45) is 0 Å². The highest BCUT2D eigenvalue weighted by Crippen LogP contribution is 2.45. The van der Waals surface area contributed by atoms with E-state index in [-0.39, 0.29) is 21.4 Å². The van der Waals surface area contributed by atoms with E-state index in [4.69, 9.17) is 34.8 Å². The van der Waals surface area contributed by atoms with Gasteiger partial charge < -0.3 is 9.51 Å². The van der Waals surface area contributed by atoms with Gasteiger partial charge in [0.1, 0.15) is 11.3 Å². The van der Waals surface area contributed by atoms with Gasteiger partial charge in [0, 0.05) is 17.0 Å². The summed E-state index contributed by atoms with van der Waals surface area (Å²) in [4.78, 5) is 33.1. The Hall–Kier alpha value is -3.41. The largest absolute Gasteiger partial charge is 0.505 e. The van der Waals surface area contributed by atoms with E-state index in [1.54, 1.807) is 25.1 Å². The number of carbonyl (C=O) groups excluding carboxylic acids is 2. The molecule has 212 valence electrons. The van der Waals surface area contributed by atoms with Crippen molar-refractivity contribution in [2.45, 2.75) is 30.0 Å². The Labute approximate surface area is 263 Å². The molecule has 1 atom stereocenters. The highest BCUT2D eigenvalue weighted by atomic mass is 35.5. The number of fused-ring (bicyclic) bond motifs is 1. The Kier molecular flexibility index (Phi) is 7.75. The molecular formula is C29H20Cl3N5O3S2. The molecule has 0 spiro atoms. The number of carbonyl (C=O) groups is 2. The van der Waals surface area contributed by atoms with Gasteiger partial charge in [-0.2, -0.15) is 0 Å². The van der Waals surface area contributed by atoms with Crippen LogP contribution in [0.2, 0.25) is 15.1 Å². The number of anilines is 1. The van der Waals surface area contributed by atoms with E-state index < -0.39 is 23.5 Å². The summed E-state index contributed by atoms with van der Waals surface area (Å²) < 4.78 is 2.40. The summed E-state index contributed by atoms with van der Waals surface area (Å²) in [5.74, 6) is -1.60. The lowest BCUT2D eigenvalue weighted by Gasteiger charge is -2.22. The van der Waals surface area contributed by atoms with Crippen LogP contribution < -0.4 is 4.90 Å². The molecule has 1 unspecified atom stereocenters. The van der Waals surface area contributed by atoms with Crippen molar-refractivity contribution < 1.29 is 14.7 Å². The number of ketones is 1. The number of thioether (sulfide) groups is 1. The maximum atomic E-state index is 13.6. The van der Waals surface area contributed by atoms with Gasteiger partial charge in [-0.25, -0.2) is 4.98 Å². The fraction of sp³-hybridized carbons (Fsp3) is 0.138. The Balaban J connectivity index is 1.46. The van der Waals surface area contributed by atoms with Crippen molar-refractivity contribution >= 4 is 86.1 Å². The van der Waals surface area contributed by atoms with Crippen LogP contribution in [0.3, 0.4) is 0 Å². The van der Waals surface area contributed by atoms with Crippen LogP contribution in [0.25, 0.3) is 11.4 Å². The summed E-state index contributed by atoms with van der Waals surface area (Å²) in [7, 11) is 0. The number of imidazole rings is 1. The number of pyridine rings is 1. The van der Waals surface area contributed by atoms with Crippen LogP contribution in [0, 0.1) is 13.8 Å². The van der Waals surface area contributed by atoms with E-state index in [1.165, 1.54) is 16.7 Å². The Morgan fingerprint density at radius 3 is 2.52 bits per heavy atom. The first-order chi connectivity index (χ1) is 20.2. The van der Waals surface area contributed by atoms with Crippen LogP contribution in [0.15, 0.2) is 70.7 Å². The molecule has 0 aliphatic carbocycles. The number of nitrogens with zero attached hydrogens (tertiary/aromatic N) is 5. The highest BCUT2D eigenvalue weighted by molar-refractivity contribution is 8.00. The number of aliphatic hydroxyl groups excluding tert-OH is 1. The predicted molar refractivity (Wildman–Crippen MR) is 167 cm³/mol. The van der Waals surface area contributed by atoms with E-state index in [9.17, 15) is 14.7 Å². The maximum absolute atomic E-state index is 13.6. The molecule has 42 heavy (non-hydrogen) atoms. The van der Waals surface area contributed by atoms with Gasteiger partial charge in [0.15, 0.2) is 10.1 Å². The predicted octanol–water partition coefficient (Wildman–Crippen LogP) is 7.68. The second-order valence-electron chi connectivity index (χ2n) is 9.50. The summed E-state index contributed by atoms with van der Waals surface area (Å²) in [6.45, 7) is 3.68. The Morgan fingerprint density at radius 1 is 1.00 bits per heavy atom. The van der Waals surface area contributed by atoms with Crippen molar-refractivity contribution in [3.05, 3.63) is 110 Å². The summed E-state index contributed by atoms with van der Waals surface area (Å²) in [5, 5.41) is 21.5. The topological polar surface area (TPSA) is 101 Å². The number of rotatable bonds is 6. The molecule has 4 heterocycles. The molecule has 1 saturated heterocycles. The average molecular weight is 657 g/mol. The molecule has 5 aromatic rings. The first-order valence-corrected chi connectivity index (χ1v) is 15.5. The SMILES string of the molecule is Cc1cccn2c(C)c(/C(O)=C3\C(=O)C(=O)N(c4nnc(SCc5ccccc5Cl)s4)C3c3ccc(Cl)c(Cl)c3)nc12. The third-order valence-electron chi connectivity index (χ3n) is 6.92. The molecule has 3 aromatic heterocycles. The minimum atomic E-state index is -1.06. The van der Waals surface area contributed by atoms with Gasteiger partial charge in [-0.05, 0) is 54.8 Å². The maximum Gasteiger partial charge on any atom is 0.301 e. The summed E-state index contributed by atoms with van der Waals surface area (Å²) >= 11 is 21.4. The lowest BCUT2D eigenvalue weighted by Crippen LogP contribution is -2.29. The van der Waals surface area contributed by atoms with Crippen molar-refractivity contribution in [3.8, 4) is 0 Å². The van der Waals surface area contributed by atoms with Gasteiger partial charge in [0.05, 0.1) is 27.4 Å². The van der Waals surface area contributed by atoms with Gasteiger partial charge in [0.25, 0.3) is 5.78 Å². The molecule has 1 amide bonds. The van der Waals surface area contributed by atoms with Crippen molar-refractivity contribution in [1.29, 1.82) is 0 Å². The summed E-state index contributed by atoms with van der Waals surface area (Å²) in [5.41, 5.74) is 3.57. The van der Waals surface area contributed by atoms with Crippen molar-refractivity contribution in [1.82, 2.24) is 19.6 Å². The molecule has 1 aliphatic heterocycles. The van der Waals surface area contributed by atoms with Crippen molar-refractivity contribution in [2.75, 3.05) is 4.90 Å². The summed E-state index contributed by atoms with van der Waals surface area (Å²) in [6, 6.07) is 15.0. The van der Waals surface area contributed by atoms with Gasteiger partial charge in [-0.15, -0.1) is 10.2 Å². The molecule has 13 heteroatoms. The molecule has 1 aliphatic rings. The molecule has 2 aromatic carbocycles. The molecule has 0 saturated carbocycles. The van der Waals surface area contributed by atoms with Crippen molar-refractivity contribution in [3.63, 3.8) is 0 Å². The number of benzene rings is 2. The van der Waals surface area contributed by atoms with Gasteiger partial charge in [0.2, 0.25) is 5.13 Å². The minimum Gasteiger partial charge on any atom is -0.505 e. The number of halogens is 3. The number of hydrogen-bond donors (Lipinski definition) is 1. The second kappa shape index (κ2) is 11.3. The fourth-order valence-electron chi connectivity index (χ4n) is 4.81. The van der Waals surface area contributed by atoms with E-state index in [0.29, 0.717) is 37.0 Å². The third kappa shape index (κ3) is 4.97. The standard InChI is InChI=1S/C29H20Cl3N5O3S2/c1-14-6-5-11-36-15(2)22(33-26(14)36)24(38)21-23(16-9-10-19(31)20(32)12-16)37(27(40)25(21)39)28-34-35-29(42-28)41-13-17-7-3-4-8-18(17)30/h3-12,23,38H,13H2,1-2H3/b24-21+.